The largest absolute Gasteiger partial charge is 0.304 e. The molecular formula is C15H16INO2. The molecule has 0 heterocycles. The first-order chi connectivity index (χ1) is 9.22. The Morgan fingerprint density at radius 3 is 2.63 bits per heavy atom. The van der Waals surface area contributed by atoms with Crippen LogP contribution in [0.25, 0.3) is 0 Å². The number of halogens is 1. The maximum Gasteiger partial charge on any atom is 0.237 e. The molecule has 1 aromatic carbocycles. The second-order valence-electron chi connectivity index (χ2n) is 4.50. The molecule has 0 saturated heterocycles. The Morgan fingerprint density at radius 1 is 1.26 bits per heavy atom. The Kier molecular flexibility index (Phi) is 5.13. The molecular weight excluding hydrogens is 353 g/mol. The van der Waals surface area contributed by atoms with Gasteiger partial charge in [-0.1, -0.05) is 59.0 Å². The van der Waals surface area contributed by atoms with Gasteiger partial charge in [0.1, 0.15) is 0 Å². The summed E-state index contributed by atoms with van der Waals surface area (Å²) in [6, 6.07) is 9.78. The van der Waals surface area contributed by atoms with Crippen LogP contribution in [0, 0.1) is 0 Å². The lowest BCUT2D eigenvalue weighted by molar-refractivity contribution is -0.130. The van der Waals surface area contributed by atoms with Crippen molar-refractivity contribution in [3.05, 3.63) is 47.7 Å². The Morgan fingerprint density at radius 2 is 2.00 bits per heavy atom. The quantitative estimate of drug-likeness (QED) is 0.604. The van der Waals surface area contributed by atoms with Gasteiger partial charge in [0.2, 0.25) is 5.91 Å². The first-order valence-corrected chi connectivity index (χ1v) is 7.88. The van der Waals surface area contributed by atoms with Crippen LogP contribution in [0.2, 0.25) is 0 Å². The molecule has 100 valence electrons. The molecule has 4 heteroatoms. The van der Waals surface area contributed by atoms with E-state index in [9.17, 15) is 9.59 Å². The van der Waals surface area contributed by atoms with E-state index < -0.39 is 0 Å². The number of carbonyl (C=O) groups is 2. The van der Waals surface area contributed by atoms with Gasteiger partial charge < -0.3 is 4.90 Å². The Bertz CT molecular complexity index is 496. The minimum Gasteiger partial charge on any atom is -0.304 e. The number of amides is 1. The predicted octanol–water partition coefficient (Wildman–Crippen LogP) is 3.09. The van der Waals surface area contributed by atoms with Crippen molar-refractivity contribution in [2.24, 2.45) is 0 Å². The molecule has 0 fully saturated rings. The van der Waals surface area contributed by atoms with Crippen molar-refractivity contribution in [3.63, 3.8) is 0 Å². The number of allylic oxidation sites excluding steroid dienone is 2. The normalized spacial score (nSPS) is 15.0. The van der Waals surface area contributed by atoms with Crippen LogP contribution in [0.4, 0.5) is 0 Å². The standard InChI is InChI=1S/C15H16INO2/c16-10-15(19)17(11-12-6-2-1-3-7-12)13-8-4-5-9-14(13)18/h1-3,6-8H,4-5,9-11H2. The van der Waals surface area contributed by atoms with Gasteiger partial charge in [-0.15, -0.1) is 0 Å². The van der Waals surface area contributed by atoms with E-state index in [0.29, 0.717) is 23.1 Å². The zero-order valence-electron chi connectivity index (χ0n) is 10.6. The molecule has 0 spiro atoms. The number of hydrogen-bond donors (Lipinski definition) is 0. The van der Waals surface area contributed by atoms with Crippen LogP contribution in [0.1, 0.15) is 24.8 Å². The fraction of sp³-hybridized carbons (Fsp3) is 0.333. The summed E-state index contributed by atoms with van der Waals surface area (Å²) in [5, 5.41) is 0. The molecule has 0 saturated carbocycles. The third-order valence-electron chi connectivity index (χ3n) is 3.12. The van der Waals surface area contributed by atoms with E-state index in [1.165, 1.54) is 0 Å². The lowest BCUT2D eigenvalue weighted by atomic mass is 10.0. The van der Waals surface area contributed by atoms with Crippen molar-refractivity contribution in [1.29, 1.82) is 0 Å². The van der Waals surface area contributed by atoms with Gasteiger partial charge in [-0.3, -0.25) is 9.59 Å². The summed E-state index contributed by atoms with van der Waals surface area (Å²) >= 11 is 2.04. The molecule has 0 bridgehead atoms. The molecule has 1 aromatic rings. The minimum absolute atomic E-state index is 0.00838. The van der Waals surface area contributed by atoms with Gasteiger partial charge in [0, 0.05) is 6.42 Å². The molecule has 1 aliphatic rings. The van der Waals surface area contributed by atoms with Crippen LogP contribution in [-0.4, -0.2) is 21.0 Å². The summed E-state index contributed by atoms with van der Waals surface area (Å²) in [6.45, 7) is 0.472. The van der Waals surface area contributed by atoms with Gasteiger partial charge in [0.25, 0.3) is 0 Å². The van der Waals surface area contributed by atoms with E-state index in [4.69, 9.17) is 0 Å². The average Bonchev–Trinajstić information content (AvgIpc) is 2.46. The molecule has 1 amide bonds. The van der Waals surface area contributed by atoms with Gasteiger partial charge in [0.05, 0.1) is 16.7 Å². The van der Waals surface area contributed by atoms with E-state index in [0.717, 1.165) is 18.4 Å². The number of carbonyl (C=O) groups excluding carboxylic acids is 2. The van der Waals surface area contributed by atoms with Crippen LogP contribution < -0.4 is 0 Å². The molecule has 2 rings (SSSR count). The van der Waals surface area contributed by atoms with Crippen LogP contribution in [0.3, 0.4) is 0 Å². The molecule has 0 unspecified atom stereocenters. The highest BCUT2D eigenvalue weighted by molar-refractivity contribution is 14.1. The maximum atomic E-state index is 12.1. The van der Waals surface area contributed by atoms with Crippen molar-refractivity contribution in [1.82, 2.24) is 4.90 Å². The molecule has 0 radical (unpaired) electrons. The minimum atomic E-state index is -0.00838. The van der Waals surface area contributed by atoms with Gasteiger partial charge in [-0.05, 0) is 18.4 Å². The predicted molar refractivity (Wildman–Crippen MR) is 82.8 cm³/mol. The van der Waals surface area contributed by atoms with E-state index in [2.05, 4.69) is 0 Å². The maximum absolute atomic E-state index is 12.1. The number of Topliss-reactive ketones (excluding diaryl/α,β-unsaturated/α-hetero) is 1. The van der Waals surface area contributed by atoms with E-state index in [-0.39, 0.29) is 11.7 Å². The summed E-state index contributed by atoms with van der Waals surface area (Å²) in [7, 11) is 0. The first kappa shape index (κ1) is 14.2. The average molecular weight is 369 g/mol. The summed E-state index contributed by atoms with van der Waals surface area (Å²) in [5.74, 6) is 0.0753. The highest BCUT2D eigenvalue weighted by Gasteiger charge is 2.24. The van der Waals surface area contributed by atoms with Crippen LogP contribution in [-0.2, 0) is 16.1 Å². The number of nitrogens with zero attached hydrogens (tertiary/aromatic N) is 1. The summed E-state index contributed by atoms with van der Waals surface area (Å²) in [4.78, 5) is 25.7. The van der Waals surface area contributed by atoms with E-state index in [1.54, 1.807) is 4.90 Å². The van der Waals surface area contributed by atoms with Gasteiger partial charge >= 0.3 is 0 Å². The lowest BCUT2D eigenvalue weighted by Crippen LogP contribution is -2.35. The van der Waals surface area contributed by atoms with Crippen LogP contribution >= 0.6 is 22.6 Å². The number of hydrogen-bond acceptors (Lipinski definition) is 2. The van der Waals surface area contributed by atoms with Gasteiger partial charge in [0.15, 0.2) is 5.78 Å². The van der Waals surface area contributed by atoms with Crippen molar-refractivity contribution < 1.29 is 9.59 Å². The van der Waals surface area contributed by atoms with E-state index in [1.807, 2.05) is 59.0 Å². The lowest BCUT2D eigenvalue weighted by Gasteiger charge is -2.26. The van der Waals surface area contributed by atoms with Crippen molar-refractivity contribution in [2.75, 3.05) is 4.43 Å². The number of benzene rings is 1. The number of ketones is 1. The van der Waals surface area contributed by atoms with Crippen molar-refractivity contribution in [2.45, 2.75) is 25.8 Å². The zero-order chi connectivity index (χ0) is 13.7. The van der Waals surface area contributed by atoms with Crippen molar-refractivity contribution >= 4 is 34.3 Å². The Hall–Kier alpha value is -1.17. The summed E-state index contributed by atoms with van der Waals surface area (Å²) < 4.78 is 0.384. The van der Waals surface area contributed by atoms with Crippen LogP contribution in [0.15, 0.2) is 42.1 Å². The first-order valence-electron chi connectivity index (χ1n) is 6.36. The SMILES string of the molecule is O=C1CCCC=C1N(Cc1ccccc1)C(=O)CI. The number of alkyl halides is 1. The molecule has 1 aliphatic carbocycles. The van der Waals surface area contributed by atoms with Gasteiger partial charge in [-0.25, -0.2) is 0 Å². The molecule has 19 heavy (non-hydrogen) atoms. The fourth-order valence-corrected chi connectivity index (χ4v) is 2.56. The van der Waals surface area contributed by atoms with Gasteiger partial charge in [-0.2, -0.15) is 0 Å². The third kappa shape index (κ3) is 3.65. The second kappa shape index (κ2) is 6.84. The molecule has 3 nitrogen and oxygen atoms in total. The van der Waals surface area contributed by atoms with E-state index >= 15 is 0 Å². The molecule has 0 aromatic heterocycles. The third-order valence-corrected chi connectivity index (χ3v) is 3.77. The second-order valence-corrected chi connectivity index (χ2v) is 5.27. The smallest absolute Gasteiger partial charge is 0.237 e. The monoisotopic (exact) mass is 369 g/mol. The van der Waals surface area contributed by atoms with Crippen molar-refractivity contribution in [3.8, 4) is 0 Å². The Balaban J connectivity index is 2.24. The summed E-state index contributed by atoms with van der Waals surface area (Å²) in [5.41, 5.74) is 1.62. The fourth-order valence-electron chi connectivity index (χ4n) is 2.15. The molecule has 0 aliphatic heterocycles. The molecule has 0 atom stereocenters. The van der Waals surface area contributed by atoms with Crippen LogP contribution in [0.5, 0.6) is 0 Å². The highest BCUT2D eigenvalue weighted by atomic mass is 127. The summed E-state index contributed by atoms with van der Waals surface area (Å²) in [6.07, 6.45) is 4.21. The number of rotatable bonds is 4. The zero-order valence-corrected chi connectivity index (χ0v) is 12.8. The molecule has 0 N–H and O–H groups in total. The topological polar surface area (TPSA) is 37.4 Å². The Labute approximate surface area is 126 Å². The highest BCUT2D eigenvalue weighted by Crippen LogP contribution is 2.20.